The number of hydrogen-bond acceptors (Lipinski definition) is 4. The van der Waals surface area contributed by atoms with E-state index < -0.39 is 6.10 Å². The molecule has 19 heavy (non-hydrogen) atoms. The quantitative estimate of drug-likeness (QED) is 0.809. The molecule has 2 rings (SSSR count). The van der Waals surface area contributed by atoms with Crippen molar-refractivity contribution < 1.29 is 14.3 Å². The van der Waals surface area contributed by atoms with Crippen LogP contribution in [0.1, 0.15) is 0 Å². The van der Waals surface area contributed by atoms with Crippen LogP contribution in [-0.2, 0) is 9.59 Å². The van der Waals surface area contributed by atoms with E-state index in [1.807, 2.05) is 18.2 Å². The highest BCUT2D eigenvalue weighted by molar-refractivity contribution is 5.87. The average Bonchev–Trinajstić information content (AvgIpc) is 2.43. The zero-order valence-electron chi connectivity index (χ0n) is 11.0. The van der Waals surface area contributed by atoms with Gasteiger partial charge < -0.3 is 20.3 Å². The zero-order valence-corrected chi connectivity index (χ0v) is 11.0. The summed E-state index contributed by atoms with van der Waals surface area (Å²) in [5, 5.41) is 5.69. The minimum absolute atomic E-state index is 0.0205. The van der Waals surface area contributed by atoms with Crippen LogP contribution >= 0.6 is 0 Å². The molecular formula is C13H17N3O3. The number of anilines is 1. The summed E-state index contributed by atoms with van der Waals surface area (Å²) < 4.78 is 5.59. The van der Waals surface area contributed by atoms with Crippen molar-refractivity contribution >= 4 is 17.5 Å². The molecule has 1 aliphatic heterocycles. The summed E-state index contributed by atoms with van der Waals surface area (Å²) in [6.45, 7) is 0.367. The van der Waals surface area contributed by atoms with Gasteiger partial charge in [0.05, 0.1) is 18.8 Å². The number of carbonyl (C=O) groups is 2. The Hall–Kier alpha value is -2.24. The first-order valence-electron chi connectivity index (χ1n) is 6.05. The highest BCUT2D eigenvalue weighted by Gasteiger charge is 2.25. The molecule has 1 aromatic carbocycles. The molecule has 0 fully saturated rings. The third-order valence-corrected chi connectivity index (χ3v) is 2.84. The van der Waals surface area contributed by atoms with Crippen molar-refractivity contribution in [2.24, 2.45) is 0 Å². The number of benzene rings is 1. The molecule has 2 N–H and O–H groups in total. The van der Waals surface area contributed by atoms with Gasteiger partial charge in [-0.25, -0.2) is 0 Å². The molecule has 0 saturated carbocycles. The molecule has 1 heterocycles. The van der Waals surface area contributed by atoms with Crippen molar-refractivity contribution in [2.75, 3.05) is 32.5 Å². The Morgan fingerprint density at radius 2 is 2.16 bits per heavy atom. The van der Waals surface area contributed by atoms with E-state index in [-0.39, 0.29) is 18.4 Å². The Morgan fingerprint density at radius 3 is 2.89 bits per heavy atom. The number of hydrogen-bond donors (Lipinski definition) is 2. The van der Waals surface area contributed by atoms with Crippen molar-refractivity contribution in [3.05, 3.63) is 24.3 Å². The van der Waals surface area contributed by atoms with E-state index in [2.05, 4.69) is 10.6 Å². The van der Waals surface area contributed by atoms with Gasteiger partial charge in [0.2, 0.25) is 5.91 Å². The summed E-state index contributed by atoms with van der Waals surface area (Å²) >= 11 is 0. The second-order valence-electron chi connectivity index (χ2n) is 4.49. The van der Waals surface area contributed by atoms with Gasteiger partial charge in [-0.1, -0.05) is 12.1 Å². The minimum Gasteiger partial charge on any atom is -0.477 e. The van der Waals surface area contributed by atoms with Crippen molar-refractivity contribution in [2.45, 2.75) is 6.10 Å². The lowest BCUT2D eigenvalue weighted by Crippen LogP contribution is -2.47. The summed E-state index contributed by atoms with van der Waals surface area (Å²) in [5.41, 5.74) is 0.871. The van der Waals surface area contributed by atoms with E-state index in [0.717, 1.165) is 5.69 Å². The number of carbonyl (C=O) groups excluding carboxylic acids is 2. The summed E-state index contributed by atoms with van der Waals surface area (Å²) in [5.74, 6) is 0.197. The van der Waals surface area contributed by atoms with Crippen molar-refractivity contribution in [3.8, 4) is 5.75 Å². The van der Waals surface area contributed by atoms with E-state index in [0.29, 0.717) is 12.3 Å². The van der Waals surface area contributed by atoms with E-state index in [9.17, 15) is 9.59 Å². The summed E-state index contributed by atoms with van der Waals surface area (Å²) in [6.07, 6.45) is -0.620. The molecule has 1 unspecified atom stereocenters. The third-order valence-electron chi connectivity index (χ3n) is 2.84. The highest BCUT2D eigenvalue weighted by atomic mass is 16.5. The molecule has 6 heteroatoms. The fourth-order valence-corrected chi connectivity index (χ4v) is 1.69. The van der Waals surface area contributed by atoms with Crippen LogP contribution in [0.2, 0.25) is 0 Å². The van der Waals surface area contributed by atoms with Crippen LogP contribution < -0.4 is 15.4 Å². The van der Waals surface area contributed by atoms with Gasteiger partial charge in [0.25, 0.3) is 5.91 Å². The maximum atomic E-state index is 11.9. The number of nitrogens with zero attached hydrogens (tertiary/aromatic N) is 1. The molecule has 6 nitrogen and oxygen atoms in total. The van der Waals surface area contributed by atoms with Gasteiger partial charge in [0.1, 0.15) is 5.75 Å². The largest absolute Gasteiger partial charge is 0.477 e. The lowest BCUT2D eigenvalue weighted by atomic mass is 10.2. The molecule has 0 spiro atoms. The molecule has 0 saturated heterocycles. The first kappa shape index (κ1) is 13.2. The molecule has 102 valence electrons. The molecular weight excluding hydrogens is 246 g/mol. The van der Waals surface area contributed by atoms with Crippen LogP contribution in [0, 0.1) is 0 Å². The lowest BCUT2D eigenvalue weighted by molar-refractivity contribution is -0.133. The molecule has 1 atom stereocenters. The Labute approximate surface area is 111 Å². The molecule has 0 aliphatic carbocycles. The van der Waals surface area contributed by atoms with Gasteiger partial charge in [-0.2, -0.15) is 0 Å². The van der Waals surface area contributed by atoms with E-state index in [1.165, 1.54) is 4.90 Å². The average molecular weight is 263 g/mol. The molecule has 1 aromatic rings. The minimum atomic E-state index is -0.620. The van der Waals surface area contributed by atoms with Crippen LogP contribution in [-0.4, -0.2) is 50.0 Å². The Balaban J connectivity index is 1.90. The number of ether oxygens (including phenoxy) is 1. The zero-order chi connectivity index (χ0) is 13.8. The van der Waals surface area contributed by atoms with Crippen LogP contribution in [0.3, 0.4) is 0 Å². The predicted octanol–water partition coefficient (Wildman–Crippen LogP) is 0.0639. The Kier molecular flexibility index (Phi) is 3.89. The standard InChI is InChI=1S/C13H17N3O3/c1-16(2)12(17)8-15-13(18)11-7-14-9-5-3-4-6-10(9)19-11/h3-6,11,14H,7-8H2,1-2H3,(H,15,18). The second kappa shape index (κ2) is 5.60. The number of para-hydroxylation sites is 2. The Morgan fingerprint density at radius 1 is 1.42 bits per heavy atom. The van der Waals surface area contributed by atoms with Gasteiger partial charge in [-0.05, 0) is 12.1 Å². The first-order chi connectivity index (χ1) is 9.08. The molecule has 2 amide bonds. The van der Waals surface area contributed by atoms with Gasteiger partial charge in [0.15, 0.2) is 6.10 Å². The molecule has 1 aliphatic rings. The molecule has 0 bridgehead atoms. The number of amides is 2. The van der Waals surface area contributed by atoms with E-state index in [1.54, 1.807) is 20.2 Å². The summed E-state index contributed by atoms with van der Waals surface area (Å²) in [6, 6.07) is 7.42. The number of nitrogens with one attached hydrogen (secondary N) is 2. The predicted molar refractivity (Wildman–Crippen MR) is 71.1 cm³/mol. The van der Waals surface area contributed by atoms with Crippen molar-refractivity contribution in [1.82, 2.24) is 10.2 Å². The van der Waals surface area contributed by atoms with Crippen LogP contribution in [0.4, 0.5) is 5.69 Å². The van der Waals surface area contributed by atoms with Gasteiger partial charge in [-0.15, -0.1) is 0 Å². The number of fused-ring (bicyclic) bond motifs is 1. The Bertz CT molecular complexity index is 488. The van der Waals surface area contributed by atoms with E-state index >= 15 is 0 Å². The number of rotatable bonds is 3. The third kappa shape index (κ3) is 3.15. The molecule has 0 aromatic heterocycles. The fourth-order valence-electron chi connectivity index (χ4n) is 1.69. The molecule has 0 radical (unpaired) electrons. The first-order valence-corrected chi connectivity index (χ1v) is 6.05. The highest BCUT2D eigenvalue weighted by Crippen LogP contribution is 2.27. The fraction of sp³-hybridized carbons (Fsp3) is 0.385. The van der Waals surface area contributed by atoms with Gasteiger partial charge in [0, 0.05) is 14.1 Å². The maximum absolute atomic E-state index is 11.9. The second-order valence-corrected chi connectivity index (χ2v) is 4.49. The van der Waals surface area contributed by atoms with Gasteiger partial charge in [-0.3, -0.25) is 9.59 Å². The van der Waals surface area contributed by atoms with Crippen LogP contribution in [0.15, 0.2) is 24.3 Å². The lowest BCUT2D eigenvalue weighted by Gasteiger charge is -2.26. The van der Waals surface area contributed by atoms with Crippen LogP contribution in [0.5, 0.6) is 5.75 Å². The summed E-state index contributed by atoms with van der Waals surface area (Å²) in [7, 11) is 3.28. The maximum Gasteiger partial charge on any atom is 0.263 e. The topological polar surface area (TPSA) is 70.7 Å². The van der Waals surface area contributed by atoms with Crippen molar-refractivity contribution in [3.63, 3.8) is 0 Å². The van der Waals surface area contributed by atoms with Gasteiger partial charge >= 0.3 is 0 Å². The number of likely N-dealkylation sites (N-methyl/N-ethyl adjacent to an activating group) is 1. The summed E-state index contributed by atoms with van der Waals surface area (Å²) in [4.78, 5) is 24.7. The van der Waals surface area contributed by atoms with E-state index in [4.69, 9.17) is 4.74 Å². The van der Waals surface area contributed by atoms with Crippen LogP contribution in [0.25, 0.3) is 0 Å². The SMILES string of the molecule is CN(C)C(=O)CNC(=O)C1CNc2ccccc2O1. The monoisotopic (exact) mass is 263 g/mol. The van der Waals surface area contributed by atoms with Crippen molar-refractivity contribution in [1.29, 1.82) is 0 Å². The normalized spacial score (nSPS) is 16.6. The smallest absolute Gasteiger partial charge is 0.263 e.